The van der Waals surface area contributed by atoms with Crippen molar-refractivity contribution in [2.75, 3.05) is 12.4 Å². The molecule has 0 aliphatic heterocycles. The van der Waals surface area contributed by atoms with Crippen molar-refractivity contribution in [3.05, 3.63) is 81.1 Å². The lowest BCUT2D eigenvalue weighted by Crippen LogP contribution is -2.14. The lowest BCUT2D eigenvalue weighted by Gasteiger charge is -2.09. The number of anilines is 1. The fraction of sp³-hybridized carbons (Fsp3) is 0.136. The van der Waals surface area contributed by atoms with Crippen LogP contribution in [0.4, 0.5) is 5.69 Å². The topological polar surface area (TPSA) is 79.9 Å². The van der Waals surface area contributed by atoms with Crippen LogP contribution in [0.3, 0.4) is 0 Å². The number of para-hydroxylation sites is 2. The van der Waals surface area contributed by atoms with Gasteiger partial charge in [-0.05, 0) is 42.8 Å². The molecule has 0 saturated heterocycles. The maximum Gasteiger partial charge on any atom is 0.266 e. The Hall–Kier alpha value is -3.27. The van der Waals surface area contributed by atoms with E-state index < -0.39 is 5.91 Å². The molecule has 1 aromatic heterocycles. The Morgan fingerprint density at radius 1 is 1.23 bits per heavy atom. The number of amides is 1. The number of carbonyl (C=O) groups is 1. The second kappa shape index (κ2) is 9.49. The second-order valence-electron chi connectivity index (χ2n) is 6.40. The highest BCUT2D eigenvalue weighted by Gasteiger charge is 2.17. The largest absolute Gasteiger partial charge is 0.495 e. The number of aromatic nitrogens is 2. The lowest BCUT2D eigenvalue weighted by atomic mass is 10.1. The first-order valence-corrected chi connectivity index (χ1v) is 9.72. The summed E-state index contributed by atoms with van der Waals surface area (Å²) in [6.45, 7) is 2.20. The van der Waals surface area contributed by atoms with Crippen LogP contribution in [0.15, 0.2) is 54.1 Å². The molecule has 0 atom stereocenters. The molecule has 1 N–H and O–H groups in total. The zero-order valence-electron chi connectivity index (χ0n) is 16.3. The van der Waals surface area contributed by atoms with Gasteiger partial charge in [-0.15, -0.1) is 0 Å². The molecule has 3 aromatic rings. The minimum absolute atomic E-state index is 0.100. The normalized spacial score (nSPS) is 11.1. The standard InChI is InChI=1S/C22H18Cl2N4O2/c1-14-18(21(24)28(27-14)13-15-7-9-17(23)10-8-15)11-16(12-25)22(29)26-19-5-3-4-6-20(19)30-2/h3-11H,13H2,1-2H3,(H,26,29)/b16-11+. The van der Waals surface area contributed by atoms with Crippen LogP contribution in [-0.4, -0.2) is 22.8 Å². The summed E-state index contributed by atoms with van der Waals surface area (Å²) in [7, 11) is 1.50. The summed E-state index contributed by atoms with van der Waals surface area (Å²) in [6, 6.07) is 16.2. The summed E-state index contributed by atoms with van der Waals surface area (Å²) in [6.07, 6.45) is 1.44. The number of nitriles is 1. The fourth-order valence-electron chi connectivity index (χ4n) is 2.83. The number of rotatable bonds is 6. The molecular formula is C22H18Cl2N4O2. The number of hydrogen-bond donors (Lipinski definition) is 1. The van der Waals surface area contributed by atoms with Crippen molar-refractivity contribution in [3.8, 4) is 11.8 Å². The van der Waals surface area contributed by atoms with Crippen molar-refractivity contribution in [1.82, 2.24) is 9.78 Å². The third-order valence-electron chi connectivity index (χ3n) is 4.36. The first-order chi connectivity index (χ1) is 14.4. The molecule has 152 valence electrons. The zero-order valence-corrected chi connectivity index (χ0v) is 17.8. The van der Waals surface area contributed by atoms with Gasteiger partial charge < -0.3 is 10.1 Å². The van der Waals surface area contributed by atoms with Crippen molar-refractivity contribution in [1.29, 1.82) is 5.26 Å². The third kappa shape index (κ3) is 4.82. The second-order valence-corrected chi connectivity index (χ2v) is 7.19. The van der Waals surface area contributed by atoms with Crippen LogP contribution in [0.2, 0.25) is 10.2 Å². The number of hydrogen-bond acceptors (Lipinski definition) is 4. The Morgan fingerprint density at radius 2 is 1.93 bits per heavy atom. The van der Waals surface area contributed by atoms with Gasteiger partial charge in [0.05, 0.1) is 25.0 Å². The van der Waals surface area contributed by atoms with Crippen molar-refractivity contribution in [3.63, 3.8) is 0 Å². The van der Waals surface area contributed by atoms with E-state index >= 15 is 0 Å². The highest BCUT2D eigenvalue weighted by molar-refractivity contribution is 6.31. The third-order valence-corrected chi connectivity index (χ3v) is 5.01. The van der Waals surface area contributed by atoms with Gasteiger partial charge in [0.2, 0.25) is 0 Å². The van der Waals surface area contributed by atoms with Gasteiger partial charge in [-0.1, -0.05) is 47.5 Å². The van der Waals surface area contributed by atoms with E-state index in [0.717, 1.165) is 5.56 Å². The molecule has 0 aliphatic rings. The molecule has 1 heterocycles. The van der Waals surface area contributed by atoms with Gasteiger partial charge in [0.15, 0.2) is 0 Å². The van der Waals surface area contributed by atoms with Gasteiger partial charge in [0.25, 0.3) is 5.91 Å². The van der Waals surface area contributed by atoms with Gasteiger partial charge in [0, 0.05) is 10.6 Å². The average molecular weight is 441 g/mol. The van der Waals surface area contributed by atoms with Crippen LogP contribution in [-0.2, 0) is 11.3 Å². The van der Waals surface area contributed by atoms with Crippen LogP contribution in [0.1, 0.15) is 16.8 Å². The average Bonchev–Trinajstić information content (AvgIpc) is 3.00. The van der Waals surface area contributed by atoms with Crippen molar-refractivity contribution < 1.29 is 9.53 Å². The van der Waals surface area contributed by atoms with E-state index in [1.165, 1.54) is 13.2 Å². The van der Waals surface area contributed by atoms with Gasteiger partial charge >= 0.3 is 0 Å². The molecule has 0 radical (unpaired) electrons. The SMILES string of the molecule is COc1ccccc1NC(=O)/C(C#N)=C/c1c(C)nn(Cc2ccc(Cl)cc2)c1Cl. The molecule has 2 aromatic carbocycles. The highest BCUT2D eigenvalue weighted by atomic mass is 35.5. The van der Waals surface area contributed by atoms with E-state index in [1.54, 1.807) is 48.0 Å². The van der Waals surface area contributed by atoms with E-state index in [0.29, 0.717) is 39.4 Å². The van der Waals surface area contributed by atoms with Gasteiger partial charge in [0.1, 0.15) is 22.5 Å². The summed E-state index contributed by atoms with van der Waals surface area (Å²) in [5.41, 5.74) is 2.45. The molecule has 30 heavy (non-hydrogen) atoms. The van der Waals surface area contributed by atoms with Crippen LogP contribution in [0.5, 0.6) is 5.75 Å². The number of nitrogens with zero attached hydrogens (tertiary/aromatic N) is 3. The summed E-state index contributed by atoms with van der Waals surface area (Å²) < 4.78 is 6.83. The van der Waals surface area contributed by atoms with E-state index in [2.05, 4.69) is 10.4 Å². The molecule has 0 bridgehead atoms. The molecule has 3 rings (SSSR count). The first-order valence-electron chi connectivity index (χ1n) is 8.96. The maximum absolute atomic E-state index is 12.6. The Balaban J connectivity index is 1.86. The molecule has 6 nitrogen and oxygen atoms in total. The molecule has 0 aliphatic carbocycles. The quantitative estimate of drug-likeness (QED) is 0.426. The summed E-state index contributed by atoms with van der Waals surface area (Å²) in [5, 5.41) is 17.6. The number of methoxy groups -OCH3 is 1. The number of aryl methyl sites for hydroxylation is 1. The molecular weight excluding hydrogens is 423 g/mol. The molecule has 0 unspecified atom stereocenters. The van der Waals surface area contributed by atoms with Gasteiger partial charge in [-0.2, -0.15) is 10.4 Å². The molecule has 8 heteroatoms. The Morgan fingerprint density at radius 3 is 2.60 bits per heavy atom. The Bertz CT molecular complexity index is 1140. The Kier molecular flexibility index (Phi) is 6.78. The van der Waals surface area contributed by atoms with E-state index in [1.807, 2.05) is 18.2 Å². The summed E-state index contributed by atoms with van der Waals surface area (Å²) in [5.74, 6) is -0.0731. The van der Waals surface area contributed by atoms with Crippen LogP contribution in [0.25, 0.3) is 6.08 Å². The van der Waals surface area contributed by atoms with Crippen molar-refractivity contribution in [2.45, 2.75) is 13.5 Å². The van der Waals surface area contributed by atoms with Crippen LogP contribution >= 0.6 is 23.2 Å². The number of benzene rings is 2. The lowest BCUT2D eigenvalue weighted by molar-refractivity contribution is -0.112. The molecule has 0 saturated carbocycles. The van der Waals surface area contributed by atoms with E-state index in [9.17, 15) is 10.1 Å². The van der Waals surface area contributed by atoms with E-state index in [-0.39, 0.29) is 5.57 Å². The fourth-order valence-corrected chi connectivity index (χ4v) is 3.24. The Labute approximate surface area is 184 Å². The number of halogens is 2. The summed E-state index contributed by atoms with van der Waals surface area (Å²) in [4.78, 5) is 12.6. The number of ether oxygens (including phenoxy) is 1. The highest BCUT2D eigenvalue weighted by Crippen LogP contribution is 2.26. The van der Waals surface area contributed by atoms with E-state index in [4.69, 9.17) is 27.9 Å². The molecule has 0 spiro atoms. The molecule has 1 amide bonds. The number of carbonyl (C=O) groups excluding carboxylic acids is 1. The minimum atomic E-state index is -0.567. The minimum Gasteiger partial charge on any atom is -0.495 e. The smallest absolute Gasteiger partial charge is 0.266 e. The van der Waals surface area contributed by atoms with Crippen molar-refractivity contribution >= 4 is 40.9 Å². The van der Waals surface area contributed by atoms with Crippen LogP contribution in [0, 0.1) is 18.3 Å². The van der Waals surface area contributed by atoms with Gasteiger partial charge in [-0.3, -0.25) is 4.79 Å². The van der Waals surface area contributed by atoms with Crippen LogP contribution < -0.4 is 10.1 Å². The van der Waals surface area contributed by atoms with Crippen molar-refractivity contribution in [2.24, 2.45) is 0 Å². The molecule has 0 fully saturated rings. The first kappa shape index (κ1) is 21.4. The maximum atomic E-state index is 12.6. The predicted molar refractivity (Wildman–Crippen MR) is 118 cm³/mol. The zero-order chi connectivity index (χ0) is 21.7. The van der Waals surface area contributed by atoms with Gasteiger partial charge in [-0.25, -0.2) is 4.68 Å². The summed E-state index contributed by atoms with van der Waals surface area (Å²) >= 11 is 12.4. The number of nitrogens with one attached hydrogen (secondary N) is 1. The monoisotopic (exact) mass is 440 g/mol. The predicted octanol–water partition coefficient (Wildman–Crippen LogP) is 5.10.